The molecule has 0 amide bonds. The van der Waals surface area contributed by atoms with Crippen LogP contribution in [0, 0.1) is 22.7 Å². The molecule has 0 spiro atoms. The Balaban J connectivity index is 1.85. The Bertz CT molecular complexity index is 604. The van der Waals surface area contributed by atoms with Crippen LogP contribution in [0.5, 0.6) is 0 Å². The van der Waals surface area contributed by atoms with Gasteiger partial charge in [0.05, 0.1) is 18.3 Å². The number of aliphatic hydroxyl groups is 2. The molecule has 0 bridgehead atoms. The van der Waals surface area contributed by atoms with Gasteiger partial charge in [0, 0.05) is 12.5 Å². The molecule has 0 radical (unpaired) electrons. The molecule has 3 heteroatoms. The molecule has 0 saturated heterocycles. The van der Waals surface area contributed by atoms with Gasteiger partial charge in [-0.05, 0) is 54.1 Å². The van der Waals surface area contributed by atoms with Crippen LogP contribution in [0.2, 0.25) is 0 Å². The van der Waals surface area contributed by atoms with Crippen LogP contribution >= 0.6 is 0 Å². The molecule has 0 aromatic rings. The third-order valence-electron chi connectivity index (χ3n) is 7.32. The number of ether oxygens (including phenoxy) is 1. The average molecular weight is 316 g/mol. The summed E-state index contributed by atoms with van der Waals surface area (Å²) >= 11 is 0. The molecule has 3 nitrogen and oxygen atoms in total. The predicted molar refractivity (Wildman–Crippen MR) is 89.8 cm³/mol. The Labute approximate surface area is 138 Å². The second kappa shape index (κ2) is 5.05. The second-order valence-electron chi connectivity index (χ2n) is 8.37. The molecule has 7 atom stereocenters. The van der Waals surface area contributed by atoms with E-state index >= 15 is 0 Å². The van der Waals surface area contributed by atoms with E-state index in [4.69, 9.17) is 4.74 Å². The maximum atomic E-state index is 10.5. The third kappa shape index (κ3) is 2.00. The molecule has 2 N–H and O–H groups in total. The maximum absolute atomic E-state index is 10.5. The summed E-state index contributed by atoms with van der Waals surface area (Å²) in [4.78, 5) is 0. The van der Waals surface area contributed by atoms with E-state index in [0.717, 1.165) is 25.7 Å². The van der Waals surface area contributed by atoms with Crippen molar-refractivity contribution in [1.82, 2.24) is 0 Å². The fraction of sp³-hybridized carbons (Fsp3) is 0.700. The van der Waals surface area contributed by atoms with Crippen LogP contribution in [0.1, 0.15) is 39.5 Å². The zero-order valence-electron chi connectivity index (χ0n) is 14.3. The van der Waals surface area contributed by atoms with Crippen LogP contribution in [0.3, 0.4) is 0 Å². The first-order valence-corrected chi connectivity index (χ1v) is 8.91. The van der Waals surface area contributed by atoms with E-state index in [1.807, 2.05) is 12.2 Å². The summed E-state index contributed by atoms with van der Waals surface area (Å²) in [6.07, 6.45) is 11.7. The minimum absolute atomic E-state index is 0.0965. The Morgan fingerprint density at radius 2 is 1.96 bits per heavy atom. The van der Waals surface area contributed by atoms with Crippen LogP contribution in [-0.2, 0) is 4.74 Å². The highest BCUT2D eigenvalue weighted by Gasteiger charge is 2.55. The zero-order chi connectivity index (χ0) is 16.4. The van der Waals surface area contributed by atoms with Crippen molar-refractivity contribution in [1.29, 1.82) is 0 Å². The average Bonchev–Trinajstić information content (AvgIpc) is 2.83. The molecule has 23 heavy (non-hydrogen) atoms. The zero-order valence-corrected chi connectivity index (χ0v) is 14.3. The summed E-state index contributed by atoms with van der Waals surface area (Å²) in [6, 6.07) is 0. The van der Waals surface area contributed by atoms with E-state index in [0.29, 0.717) is 11.8 Å². The van der Waals surface area contributed by atoms with Crippen molar-refractivity contribution in [2.75, 3.05) is 7.11 Å². The topological polar surface area (TPSA) is 49.7 Å². The normalized spacial score (nSPS) is 51.4. The van der Waals surface area contributed by atoms with Crippen LogP contribution < -0.4 is 0 Å². The molecule has 126 valence electrons. The number of aliphatic hydroxyl groups excluding tert-OH is 2. The molecule has 4 rings (SSSR count). The van der Waals surface area contributed by atoms with E-state index in [2.05, 4.69) is 26.0 Å². The third-order valence-corrected chi connectivity index (χ3v) is 7.32. The molecule has 4 aliphatic rings. The largest absolute Gasteiger partial charge is 0.389 e. The summed E-state index contributed by atoms with van der Waals surface area (Å²) in [7, 11) is 1.80. The Morgan fingerprint density at radius 1 is 1.17 bits per heavy atom. The number of methoxy groups -OCH3 is 1. The van der Waals surface area contributed by atoms with Crippen molar-refractivity contribution in [3.05, 3.63) is 35.5 Å². The molecule has 0 aromatic heterocycles. The number of fused-ring (bicyclic) bond motifs is 4. The minimum atomic E-state index is -0.377. The van der Waals surface area contributed by atoms with Crippen molar-refractivity contribution >= 4 is 0 Å². The summed E-state index contributed by atoms with van der Waals surface area (Å²) < 4.78 is 5.90. The maximum Gasteiger partial charge on any atom is 0.0817 e. The Morgan fingerprint density at radius 3 is 2.70 bits per heavy atom. The molecule has 1 fully saturated rings. The second-order valence-corrected chi connectivity index (χ2v) is 8.37. The van der Waals surface area contributed by atoms with Crippen molar-refractivity contribution in [3.63, 3.8) is 0 Å². The van der Waals surface area contributed by atoms with E-state index in [9.17, 15) is 10.2 Å². The minimum Gasteiger partial charge on any atom is -0.389 e. The van der Waals surface area contributed by atoms with Crippen LogP contribution in [0.4, 0.5) is 0 Å². The highest BCUT2D eigenvalue weighted by atomic mass is 16.5. The standard InChI is InChI=1S/C20H28O3/c1-19-8-6-13(21)10-12(19)11-16(23-3)18-14-4-5-17(22)20(14,2)9-7-15(18)19/h4-6,8,12-13,15-17,21-22H,7,9-11H2,1-3H3/t12-,13-,15-,16-,17-,19-,20-/m0/s1. The van der Waals surface area contributed by atoms with Gasteiger partial charge in [0.25, 0.3) is 0 Å². The summed E-state index contributed by atoms with van der Waals surface area (Å²) in [6.45, 7) is 4.55. The van der Waals surface area contributed by atoms with Gasteiger partial charge < -0.3 is 14.9 Å². The van der Waals surface area contributed by atoms with Gasteiger partial charge in [0.15, 0.2) is 0 Å². The first-order valence-electron chi connectivity index (χ1n) is 8.91. The lowest BCUT2D eigenvalue weighted by Crippen LogP contribution is -2.51. The van der Waals surface area contributed by atoms with Gasteiger partial charge in [-0.1, -0.05) is 38.2 Å². The highest BCUT2D eigenvalue weighted by Crippen LogP contribution is 2.61. The van der Waals surface area contributed by atoms with Gasteiger partial charge in [-0.3, -0.25) is 0 Å². The van der Waals surface area contributed by atoms with Gasteiger partial charge >= 0.3 is 0 Å². The first-order chi connectivity index (χ1) is 10.9. The lowest BCUT2D eigenvalue weighted by molar-refractivity contribution is -0.0225. The molecule has 0 aromatic carbocycles. The van der Waals surface area contributed by atoms with Crippen molar-refractivity contribution in [3.8, 4) is 0 Å². The van der Waals surface area contributed by atoms with Crippen molar-refractivity contribution < 1.29 is 14.9 Å². The van der Waals surface area contributed by atoms with Gasteiger partial charge in [-0.25, -0.2) is 0 Å². The van der Waals surface area contributed by atoms with E-state index in [-0.39, 0.29) is 29.1 Å². The molecule has 0 heterocycles. The number of hydrogen-bond acceptors (Lipinski definition) is 3. The highest BCUT2D eigenvalue weighted by molar-refractivity contribution is 5.46. The van der Waals surface area contributed by atoms with E-state index < -0.39 is 0 Å². The number of allylic oxidation sites excluding steroid dienone is 2. The van der Waals surface area contributed by atoms with Crippen LogP contribution in [0.15, 0.2) is 35.5 Å². The fourth-order valence-electron chi connectivity index (χ4n) is 5.73. The van der Waals surface area contributed by atoms with Gasteiger partial charge in [-0.2, -0.15) is 0 Å². The number of hydrogen-bond donors (Lipinski definition) is 2. The van der Waals surface area contributed by atoms with Crippen molar-refractivity contribution in [2.45, 2.75) is 57.8 Å². The van der Waals surface area contributed by atoms with E-state index in [1.54, 1.807) is 7.11 Å². The summed E-state index contributed by atoms with van der Waals surface area (Å²) in [5, 5.41) is 20.5. The Hall–Kier alpha value is -0.900. The lowest BCUT2D eigenvalue weighted by Gasteiger charge is -2.56. The smallest absolute Gasteiger partial charge is 0.0817 e. The molecule has 0 aliphatic heterocycles. The van der Waals surface area contributed by atoms with Crippen molar-refractivity contribution in [2.24, 2.45) is 22.7 Å². The Kier molecular flexibility index (Phi) is 3.43. The summed E-state index contributed by atoms with van der Waals surface area (Å²) in [5.41, 5.74) is 2.67. The predicted octanol–water partition coefficient (Wildman–Crippen LogP) is 2.99. The van der Waals surface area contributed by atoms with Gasteiger partial charge in [0.1, 0.15) is 0 Å². The molecule has 4 aliphatic carbocycles. The molecule has 1 saturated carbocycles. The quantitative estimate of drug-likeness (QED) is 0.731. The first kappa shape index (κ1) is 15.6. The van der Waals surface area contributed by atoms with Crippen LogP contribution in [0.25, 0.3) is 0 Å². The fourth-order valence-corrected chi connectivity index (χ4v) is 5.73. The van der Waals surface area contributed by atoms with Gasteiger partial charge in [-0.15, -0.1) is 0 Å². The molecule has 0 unspecified atom stereocenters. The lowest BCUT2D eigenvalue weighted by atomic mass is 9.50. The van der Waals surface area contributed by atoms with E-state index in [1.165, 1.54) is 11.1 Å². The van der Waals surface area contributed by atoms with Crippen LogP contribution in [-0.4, -0.2) is 35.6 Å². The summed E-state index contributed by atoms with van der Waals surface area (Å²) in [5.74, 6) is 0.912. The monoisotopic (exact) mass is 316 g/mol. The molecular weight excluding hydrogens is 288 g/mol. The SMILES string of the molecule is CO[C@H]1C[C@@H]2C[C@@H](O)C=C[C@]2(C)[C@H]2CC[C@@]3(C)C(=C12)C=C[C@@H]3O. The molecular formula is C20H28O3. The van der Waals surface area contributed by atoms with Gasteiger partial charge in [0.2, 0.25) is 0 Å². The number of rotatable bonds is 1.